The Morgan fingerprint density at radius 3 is 2.48 bits per heavy atom. The fourth-order valence-corrected chi connectivity index (χ4v) is 3.96. The first-order valence-electron chi connectivity index (χ1n) is 10.4. The van der Waals surface area contributed by atoms with E-state index in [1.54, 1.807) is 4.68 Å². The van der Waals surface area contributed by atoms with Gasteiger partial charge in [-0.2, -0.15) is 4.68 Å². The highest BCUT2D eigenvalue weighted by Crippen LogP contribution is 2.47. The third-order valence-corrected chi connectivity index (χ3v) is 6.02. The molecule has 0 aliphatic heterocycles. The average Bonchev–Trinajstić information content (AvgIpc) is 3.46. The van der Waals surface area contributed by atoms with Crippen LogP contribution in [0.25, 0.3) is 16.8 Å². The fourth-order valence-electron chi connectivity index (χ4n) is 3.96. The molecular formula is C24H28N4O. The second kappa shape index (κ2) is 7.54. The molecule has 3 aromatic rings. The molecule has 4 rings (SSSR count). The van der Waals surface area contributed by atoms with Crippen molar-refractivity contribution in [3.8, 4) is 16.8 Å². The van der Waals surface area contributed by atoms with Crippen LogP contribution < -0.4 is 0 Å². The minimum absolute atomic E-state index is 0.0422. The van der Waals surface area contributed by atoms with Crippen LogP contribution in [-0.4, -0.2) is 26.0 Å². The molecule has 1 aromatic heterocycles. The summed E-state index contributed by atoms with van der Waals surface area (Å²) in [7, 11) is 0. The summed E-state index contributed by atoms with van der Waals surface area (Å²) < 4.78 is 1.74. The number of carbonyl (C=O) groups excluding carboxylic acids is 1. The largest absolute Gasteiger partial charge is 0.294 e. The highest BCUT2D eigenvalue weighted by Gasteiger charge is 2.39. The van der Waals surface area contributed by atoms with Gasteiger partial charge in [-0.25, -0.2) is 0 Å². The second-order valence-corrected chi connectivity index (χ2v) is 8.86. The van der Waals surface area contributed by atoms with E-state index in [1.165, 1.54) is 18.4 Å². The van der Waals surface area contributed by atoms with Crippen LogP contribution in [-0.2, 0) is 6.42 Å². The highest BCUT2D eigenvalue weighted by atomic mass is 16.1. The van der Waals surface area contributed by atoms with Crippen molar-refractivity contribution in [3.63, 3.8) is 0 Å². The van der Waals surface area contributed by atoms with Crippen LogP contribution in [0.3, 0.4) is 0 Å². The summed E-state index contributed by atoms with van der Waals surface area (Å²) in [6, 6.07) is 14.4. The molecule has 1 saturated carbocycles. The van der Waals surface area contributed by atoms with Crippen LogP contribution >= 0.6 is 0 Å². The molecule has 29 heavy (non-hydrogen) atoms. The maximum atomic E-state index is 13.2. The number of carbonyl (C=O) groups is 1. The number of rotatable bonds is 7. The van der Waals surface area contributed by atoms with Gasteiger partial charge in [0.15, 0.2) is 11.6 Å². The lowest BCUT2D eigenvalue weighted by Crippen LogP contribution is -2.19. The van der Waals surface area contributed by atoms with Crippen molar-refractivity contribution >= 4 is 5.78 Å². The van der Waals surface area contributed by atoms with Gasteiger partial charge in [-0.15, -0.1) is 5.10 Å². The number of tetrazole rings is 1. The number of benzene rings is 2. The molecule has 0 amide bonds. The van der Waals surface area contributed by atoms with Gasteiger partial charge in [-0.1, -0.05) is 50.6 Å². The van der Waals surface area contributed by atoms with E-state index >= 15 is 0 Å². The van der Waals surface area contributed by atoms with Crippen LogP contribution in [0.15, 0.2) is 42.5 Å². The number of hydrogen-bond donors (Lipinski definition) is 0. The number of nitrogens with zero attached hydrogens (tertiary/aromatic N) is 4. The molecule has 0 N–H and O–H groups in total. The normalized spacial score (nSPS) is 14.2. The molecule has 1 fully saturated rings. The predicted octanol–water partition coefficient (Wildman–Crippen LogP) is 5.21. The summed E-state index contributed by atoms with van der Waals surface area (Å²) in [6.45, 7) is 8.52. The number of aryl methyl sites for hydroxylation is 2. The monoisotopic (exact) mass is 388 g/mol. The maximum Gasteiger partial charge on any atom is 0.163 e. The summed E-state index contributed by atoms with van der Waals surface area (Å²) in [6.07, 6.45) is 3.75. The van der Waals surface area contributed by atoms with E-state index < -0.39 is 0 Å². The molecule has 0 atom stereocenters. The first kappa shape index (κ1) is 19.5. The Kier molecular flexibility index (Phi) is 5.07. The van der Waals surface area contributed by atoms with Crippen molar-refractivity contribution in [2.75, 3.05) is 0 Å². The Labute approximate surface area is 172 Å². The van der Waals surface area contributed by atoms with Gasteiger partial charge in [0.25, 0.3) is 0 Å². The van der Waals surface area contributed by atoms with Crippen molar-refractivity contribution in [2.24, 2.45) is 11.3 Å². The Morgan fingerprint density at radius 2 is 1.83 bits per heavy atom. The zero-order chi connectivity index (χ0) is 20.6. The van der Waals surface area contributed by atoms with E-state index in [0.717, 1.165) is 34.6 Å². The minimum atomic E-state index is 0.0422. The second-order valence-electron chi connectivity index (χ2n) is 8.86. The predicted molar refractivity (Wildman–Crippen MR) is 114 cm³/mol. The quantitative estimate of drug-likeness (QED) is 0.521. The van der Waals surface area contributed by atoms with Crippen molar-refractivity contribution in [1.82, 2.24) is 20.2 Å². The van der Waals surface area contributed by atoms with Crippen LogP contribution in [0.4, 0.5) is 0 Å². The smallest absolute Gasteiger partial charge is 0.163 e. The van der Waals surface area contributed by atoms with Crippen molar-refractivity contribution in [2.45, 2.75) is 53.4 Å². The minimum Gasteiger partial charge on any atom is -0.294 e. The van der Waals surface area contributed by atoms with Crippen molar-refractivity contribution in [1.29, 1.82) is 0 Å². The molecule has 0 bridgehead atoms. The zero-order valence-electron chi connectivity index (χ0n) is 17.6. The molecule has 0 spiro atoms. The lowest BCUT2D eigenvalue weighted by Gasteiger charge is -2.23. The average molecular weight is 389 g/mol. The molecule has 1 aliphatic rings. The lowest BCUT2D eigenvalue weighted by molar-refractivity contribution is 0.0917. The van der Waals surface area contributed by atoms with E-state index in [1.807, 2.05) is 19.1 Å². The molecule has 1 aliphatic carbocycles. The Balaban J connectivity index is 1.77. The summed E-state index contributed by atoms with van der Waals surface area (Å²) in [4.78, 5) is 13.2. The molecule has 0 unspecified atom stereocenters. The summed E-state index contributed by atoms with van der Waals surface area (Å²) >= 11 is 0. The van der Waals surface area contributed by atoms with Crippen LogP contribution in [0.1, 0.15) is 61.8 Å². The SMILES string of the molecule is CCc1nnnn1-c1cc(C(=O)CC(C)(C)C2CC2)cc(-c2ccc(C)cc2)c1. The maximum absolute atomic E-state index is 13.2. The first-order valence-corrected chi connectivity index (χ1v) is 10.4. The van der Waals surface area contributed by atoms with Crippen LogP contribution in [0.5, 0.6) is 0 Å². The Bertz CT molecular complexity index is 1030. The summed E-state index contributed by atoms with van der Waals surface area (Å²) in [5, 5.41) is 12.1. The fraction of sp³-hybridized carbons (Fsp3) is 0.417. The first-order chi connectivity index (χ1) is 13.9. The van der Waals surface area contributed by atoms with Crippen LogP contribution in [0.2, 0.25) is 0 Å². The third-order valence-electron chi connectivity index (χ3n) is 6.02. The van der Waals surface area contributed by atoms with Gasteiger partial charge in [0, 0.05) is 18.4 Å². The van der Waals surface area contributed by atoms with Gasteiger partial charge in [0.05, 0.1) is 5.69 Å². The molecule has 150 valence electrons. The molecule has 5 nitrogen and oxygen atoms in total. The van der Waals surface area contributed by atoms with Crippen molar-refractivity contribution < 1.29 is 4.79 Å². The lowest BCUT2D eigenvalue weighted by atomic mass is 9.80. The van der Waals surface area contributed by atoms with E-state index in [4.69, 9.17) is 0 Å². The van der Waals surface area contributed by atoms with Gasteiger partial charge < -0.3 is 0 Å². The van der Waals surface area contributed by atoms with Crippen LogP contribution in [0, 0.1) is 18.3 Å². The van der Waals surface area contributed by atoms with Gasteiger partial charge in [-0.3, -0.25) is 4.79 Å². The molecular weight excluding hydrogens is 360 g/mol. The van der Waals surface area contributed by atoms with Crippen molar-refractivity contribution in [3.05, 3.63) is 59.4 Å². The van der Waals surface area contributed by atoms with E-state index in [2.05, 4.69) is 66.6 Å². The zero-order valence-corrected chi connectivity index (χ0v) is 17.6. The Morgan fingerprint density at radius 1 is 1.10 bits per heavy atom. The summed E-state index contributed by atoms with van der Waals surface area (Å²) in [5.41, 5.74) is 4.90. The number of aromatic nitrogens is 4. The molecule has 1 heterocycles. The number of hydrogen-bond acceptors (Lipinski definition) is 4. The van der Waals surface area contributed by atoms with Gasteiger partial charge in [-0.05, 0) is 70.9 Å². The summed E-state index contributed by atoms with van der Waals surface area (Å²) in [5.74, 6) is 1.63. The Hall–Kier alpha value is -2.82. The van der Waals surface area contributed by atoms with E-state index in [0.29, 0.717) is 12.3 Å². The third kappa shape index (κ3) is 4.14. The van der Waals surface area contributed by atoms with Gasteiger partial charge in [0.2, 0.25) is 0 Å². The molecule has 5 heteroatoms. The molecule has 2 aromatic carbocycles. The van der Waals surface area contributed by atoms with Gasteiger partial charge >= 0.3 is 0 Å². The van der Waals surface area contributed by atoms with E-state index in [9.17, 15) is 4.79 Å². The van der Waals surface area contributed by atoms with Gasteiger partial charge in [0.1, 0.15) is 0 Å². The number of Topliss-reactive ketones (excluding diaryl/α,β-unsaturated/α-hetero) is 1. The molecule has 0 saturated heterocycles. The highest BCUT2D eigenvalue weighted by molar-refractivity contribution is 5.98. The van der Waals surface area contributed by atoms with E-state index in [-0.39, 0.29) is 11.2 Å². The number of ketones is 1. The standard InChI is InChI=1S/C24H28N4O/c1-5-23-25-26-27-28(23)21-13-18(17-8-6-16(2)7-9-17)12-19(14-21)22(29)15-24(3,4)20-10-11-20/h6-9,12-14,20H,5,10-11,15H2,1-4H3. The topological polar surface area (TPSA) is 60.7 Å². The molecule has 0 radical (unpaired) electrons.